The van der Waals surface area contributed by atoms with E-state index in [4.69, 9.17) is 0 Å². The van der Waals surface area contributed by atoms with Crippen LogP contribution in [0.25, 0.3) is 10.9 Å². The Morgan fingerprint density at radius 3 is 2.67 bits per heavy atom. The number of amides is 1. The third-order valence-electron chi connectivity index (χ3n) is 5.68. The molecule has 2 aromatic carbocycles. The number of rotatable bonds is 5. The summed E-state index contributed by atoms with van der Waals surface area (Å²) < 4.78 is 1.09. The van der Waals surface area contributed by atoms with Gasteiger partial charge >= 0.3 is 0 Å². The van der Waals surface area contributed by atoms with Gasteiger partial charge in [0.25, 0.3) is 0 Å². The first kappa shape index (κ1) is 18.3. The summed E-state index contributed by atoms with van der Waals surface area (Å²) in [6.07, 6.45) is 6.70. The fourth-order valence-electron chi connectivity index (χ4n) is 4.13. The van der Waals surface area contributed by atoms with Gasteiger partial charge in [-0.2, -0.15) is 0 Å². The van der Waals surface area contributed by atoms with Crippen molar-refractivity contribution in [2.45, 2.75) is 38.0 Å². The molecule has 3 nitrogen and oxygen atoms in total. The lowest BCUT2D eigenvalue weighted by atomic mass is 9.89. The molecule has 1 aliphatic heterocycles. The second-order valence-electron chi connectivity index (χ2n) is 7.42. The minimum Gasteiger partial charge on any atom is -0.361 e. The number of halogens is 1. The number of nitrogens with zero attached hydrogens (tertiary/aromatic N) is 1. The maximum atomic E-state index is 12.6. The zero-order valence-corrected chi connectivity index (χ0v) is 17.0. The number of aromatic nitrogens is 1. The van der Waals surface area contributed by atoms with E-state index in [0.29, 0.717) is 18.2 Å². The second kappa shape index (κ2) is 8.30. The quantitative estimate of drug-likeness (QED) is 0.563. The van der Waals surface area contributed by atoms with Crippen LogP contribution in [0.15, 0.2) is 59.2 Å². The van der Waals surface area contributed by atoms with Crippen LogP contribution in [0.4, 0.5) is 0 Å². The van der Waals surface area contributed by atoms with Crippen molar-refractivity contribution in [3.05, 3.63) is 70.3 Å². The fourth-order valence-corrected chi connectivity index (χ4v) is 4.49. The number of carbonyl (C=O) groups excluding carboxylic acids is 1. The largest absolute Gasteiger partial charge is 0.361 e. The lowest BCUT2D eigenvalue weighted by Gasteiger charge is -2.32. The van der Waals surface area contributed by atoms with Gasteiger partial charge in [-0.1, -0.05) is 46.3 Å². The molecule has 0 saturated carbocycles. The molecule has 0 spiro atoms. The number of H-pyrrole nitrogens is 1. The zero-order chi connectivity index (χ0) is 18.6. The van der Waals surface area contributed by atoms with Crippen molar-refractivity contribution in [2.24, 2.45) is 0 Å². The molecular formula is C23H25BrN2O. The van der Waals surface area contributed by atoms with E-state index >= 15 is 0 Å². The van der Waals surface area contributed by atoms with E-state index < -0.39 is 0 Å². The molecule has 2 heterocycles. The third kappa shape index (κ3) is 4.27. The highest BCUT2D eigenvalue weighted by molar-refractivity contribution is 9.10. The van der Waals surface area contributed by atoms with Gasteiger partial charge in [0.2, 0.25) is 5.91 Å². The number of piperidine rings is 1. The predicted octanol–water partition coefficient (Wildman–Crippen LogP) is 5.66. The van der Waals surface area contributed by atoms with Crippen LogP contribution in [0, 0.1) is 0 Å². The Labute approximate surface area is 168 Å². The Bertz CT molecular complexity index is 911. The van der Waals surface area contributed by atoms with Crippen LogP contribution < -0.4 is 0 Å². The number of nitrogens with one attached hydrogen (secondary N) is 1. The van der Waals surface area contributed by atoms with Gasteiger partial charge in [-0.15, -0.1) is 0 Å². The van der Waals surface area contributed by atoms with Gasteiger partial charge in [-0.3, -0.25) is 4.79 Å². The number of likely N-dealkylation sites (tertiary alicyclic amines) is 1. The molecule has 1 N–H and O–H groups in total. The standard InChI is InChI=1S/C23H25BrN2O/c24-20-9-10-22-21(15-20)19(16-25-22)7-4-8-23(27)26-13-11-18(12-14-26)17-5-2-1-3-6-17/h1-3,5-6,9-10,15-16,18,25H,4,7-8,11-14H2. The molecule has 1 aliphatic rings. The van der Waals surface area contributed by atoms with Gasteiger partial charge < -0.3 is 9.88 Å². The molecule has 1 saturated heterocycles. The van der Waals surface area contributed by atoms with Crippen LogP contribution in [0.2, 0.25) is 0 Å². The Morgan fingerprint density at radius 2 is 1.89 bits per heavy atom. The van der Waals surface area contributed by atoms with Gasteiger partial charge in [0, 0.05) is 41.1 Å². The molecule has 1 aromatic heterocycles. The van der Waals surface area contributed by atoms with Crippen molar-refractivity contribution < 1.29 is 4.79 Å². The van der Waals surface area contributed by atoms with Crippen molar-refractivity contribution in [3.8, 4) is 0 Å². The van der Waals surface area contributed by atoms with E-state index in [1.807, 2.05) is 6.07 Å². The van der Waals surface area contributed by atoms with E-state index in [0.717, 1.165) is 48.8 Å². The molecule has 0 atom stereocenters. The molecule has 0 unspecified atom stereocenters. The SMILES string of the molecule is O=C(CCCc1c[nH]c2ccc(Br)cc12)N1CCC(c2ccccc2)CC1. The van der Waals surface area contributed by atoms with Crippen molar-refractivity contribution in [3.63, 3.8) is 0 Å². The molecule has 4 heteroatoms. The molecule has 0 aliphatic carbocycles. The normalized spacial score (nSPS) is 15.4. The second-order valence-corrected chi connectivity index (χ2v) is 8.34. The Kier molecular flexibility index (Phi) is 5.63. The van der Waals surface area contributed by atoms with Crippen LogP contribution in [0.3, 0.4) is 0 Å². The summed E-state index contributed by atoms with van der Waals surface area (Å²) in [5.74, 6) is 0.905. The predicted molar refractivity (Wildman–Crippen MR) is 114 cm³/mol. The maximum Gasteiger partial charge on any atom is 0.222 e. The average molecular weight is 425 g/mol. The summed E-state index contributed by atoms with van der Waals surface area (Å²) in [5, 5.41) is 1.25. The highest BCUT2D eigenvalue weighted by Gasteiger charge is 2.23. The summed E-state index contributed by atoms with van der Waals surface area (Å²) in [5.41, 5.74) is 3.86. The van der Waals surface area contributed by atoms with E-state index in [9.17, 15) is 4.79 Å². The zero-order valence-electron chi connectivity index (χ0n) is 15.5. The van der Waals surface area contributed by atoms with Crippen molar-refractivity contribution in [2.75, 3.05) is 13.1 Å². The molecule has 1 fully saturated rings. The van der Waals surface area contributed by atoms with Crippen LogP contribution in [0.5, 0.6) is 0 Å². The number of hydrogen-bond donors (Lipinski definition) is 1. The Morgan fingerprint density at radius 1 is 1.11 bits per heavy atom. The molecule has 27 heavy (non-hydrogen) atoms. The minimum atomic E-state index is 0.308. The van der Waals surface area contributed by atoms with Gasteiger partial charge in [0.1, 0.15) is 0 Å². The van der Waals surface area contributed by atoms with Crippen LogP contribution in [-0.4, -0.2) is 28.9 Å². The summed E-state index contributed by atoms with van der Waals surface area (Å²) in [6, 6.07) is 17.0. The van der Waals surface area contributed by atoms with Gasteiger partial charge in [-0.05, 0) is 60.9 Å². The fraction of sp³-hybridized carbons (Fsp3) is 0.348. The first-order valence-corrected chi connectivity index (χ1v) is 10.6. The number of benzene rings is 2. The van der Waals surface area contributed by atoms with Gasteiger partial charge in [0.05, 0.1) is 0 Å². The average Bonchev–Trinajstić information content (AvgIpc) is 3.11. The highest BCUT2D eigenvalue weighted by atomic mass is 79.9. The molecule has 1 amide bonds. The van der Waals surface area contributed by atoms with Crippen LogP contribution >= 0.6 is 15.9 Å². The van der Waals surface area contributed by atoms with Crippen molar-refractivity contribution in [1.29, 1.82) is 0 Å². The van der Waals surface area contributed by atoms with Crippen molar-refractivity contribution >= 4 is 32.7 Å². The molecule has 140 valence electrons. The number of hydrogen-bond acceptors (Lipinski definition) is 1. The maximum absolute atomic E-state index is 12.6. The number of carbonyl (C=O) groups is 1. The van der Waals surface area contributed by atoms with Gasteiger partial charge in [0.15, 0.2) is 0 Å². The summed E-state index contributed by atoms with van der Waals surface area (Å²) in [6.45, 7) is 1.77. The number of aromatic amines is 1. The first-order chi connectivity index (χ1) is 13.2. The van der Waals surface area contributed by atoms with E-state index in [1.54, 1.807) is 0 Å². The Balaban J connectivity index is 1.27. The number of fused-ring (bicyclic) bond motifs is 1. The van der Waals surface area contributed by atoms with Crippen LogP contribution in [0.1, 0.15) is 42.7 Å². The molecular weight excluding hydrogens is 400 g/mol. The van der Waals surface area contributed by atoms with E-state index in [-0.39, 0.29) is 0 Å². The topological polar surface area (TPSA) is 36.1 Å². The molecule has 0 radical (unpaired) electrons. The molecule has 3 aromatic rings. The van der Waals surface area contributed by atoms with E-state index in [2.05, 4.69) is 74.5 Å². The first-order valence-electron chi connectivity index (χ1n) is 9.79. The summed E-state index contributed by atoms with van der Waals surface area (Å²) in [7, 11) is 0. The molecule has 0 bridgehead atoms. The van der Waals surface area contributed by atoms with Crippen LogP contribution in [-0.2, 0) is 11.2 Å². The van der Waals surface area contributed by atoms with Gasteiger partial charge in [-0.25, -0.2) is 0 Å². The summed E-state index contributed by atoms with van der Waals surface area (Å²) >= 11 is 3.54. The lowest BCUT2D eigenvalue weighted by molar-refractivity contribution is -0.132. The van der Waals surface area contributed by atoms with E-state index in [1.165, 1.54) is 16.5 Å². The Hall–Kier alpha value is -2.07. The molecule has 4 rings (SSSR count). The number of aryl methyl sites for hydroxylation is 1. The minimum absolute atomic E-state index is 0.308. The lowest BCUT2D eigenvalue weighted by Crippen LogP contribution is -2.37. The highest BCUT2D eigenvalue weighted by Crippen LogP contribution is 2.28. The van der Waals surface area contributed by atoms with Crippen molar-refractivity contribution in [1.82, 2.24) is 9.88 Å². The third-order valence-corrected chi connectivity index (χ3v) is 6.18. The summed E-state index contributed by atoms with van der Waals surface area (Å²) in [4.78, 5) is 18.0. The monoisotopic (exact) mass is 424 g/mol. The smallest absolute Gasteiger partial charge is 0.222 e.